The lowest BCUT2D eigenvalue weighted by Crippen LogP contribution is -1.99. The summed E-state index contributed by atoms with van der Waals surface area (Å²) in [5.41, 5.74) is 0. The molecular formula is C6H12O. The van der Waals surface area contributed by atoms with Gasteiger partial charge in [-0.3, -0.25) is 0 Å². The van der Waals surface area contributed by atoms with Crippen LogP contribution in [0, 0.1) is 5.92 Å². The smallest absolute Gasteiger partial charge is 0.0835 e. The molecule has 1 unspecified atom stereocenters. The van der Waals surface area contributed by atoms with E-state index in [0.717, 1.165) is 12.5 Å². The summed E-state index contributed by atoms with van der Waals surface area (Å²) >= 11 is 0. The molecule has 0 aliphatic carbocycles. The van der Waals surface area contributed by atoms with Crippen LogP contribution in [-0.4, -0.2) is 12.7 Å². The van der Waals surface area contributed by atoms with Gasteiger partial charge in [0.1, 0.15) is 0 Å². The summed E-state index contributed by atoms with van der Waals surface area (Å²) in [6.07, 6.45) is 1.87. The van der Waals surface area contributed by atoms with E-state index in [1.807, 2.05) is 0 Å². The zero-order valence-corrected chi connectivity index (χ0v) is 4.98. The monoisotopic (exact) mass is 100 g/mol. The van der Waals surface area contributed by atoms with Gasteiger partial charge in [-0.25, -0.2) is 0 Å². The highest BCUT2D eigenvalue weighted by atomic mass is 16.6. The molecule has 0 radical (unpaired) electrons. The van der Waals surface area contributed by atoms with Crippen molar-refractivity contribution in [1.82, 2.24) is 0 Å². The SMILES string of the molecule is CC[C@H](C)C1CO1. The van der Waals surface area contributed by atoms with Crippen molar-refractivity contribution in [2.24, 2.45) is 5.92 Å². The fraction of sp³-hybridized carbons (Fsp3) is 1.00. The number of epoxide rings is 1. The topological polar surface area (TPSA) is 12.5 Å². The molecule has 0 aromatic heterocycles. The molecule has 0 bridgehead atoms. The highest BCUT2D eigenvalue weighted by Crippen LogP contribution is 2.21. The van der Waals surface area contributed by atoms with E-state index >= 15 is 0 Å². The van der Waals surface area contributed by atoms with E-state index in [0.29, 0.717) is 6.10 Å². The molecule has 1 aliphatic rings. The first kappa shape index (κ1) is 5.10. The van der Waals surface area contributed by atoms with Crippen LogP contribution in [0.25, 0.3) is 0 Å². The summed E-state index contributed by atoms with van der Waals surface area (Å²) in [7, 11) is 0. The normalized spacial score (nSPS) is 32.6. The molecule has 7 heavy (non-hydrogen) atoms. The summed E-state index contributed by atoms with van der Waals surface area (Å²) in [5.74, 6) is 0.792. The predicted molar refractivity (Wildman–Crippen MR) is 29.2 cm³/mol. The molecule has 0 N–H and O–H groups in total. The van der Waals surface area contributed by atoms with E-state index < -0.39 is 0 Å². The molecule has 0 saturated carbocycles. The Morgan fingerprint density at radius 3 is 2.57 bits per heavy atom. The van der Waals surface area contributed by atoms with Crippen molar-refractivity contribution < 1.29 is 4.74 Å². The quantitative estimate of drug-likeness (QED) is 0.478. The van der Waals surface area contributed by atoms with Gasteiger partial charge in [-0.15, -0.1) is 0 Å². The average molecular weight is 100 g/mol. The Bertz CT molecular complexity index is 57.2. The minimum atomic E-state index is 0.616. The van der Waals surface area contributed by atoms with Crippen molar-refractivity contribution in [3.8, 4) is 0 Å². The molecule has 0 amide bonds. The Balaban J connectivity index is 2.10. The van der Waals surface area contributed by atoms with Gasteiger partial charge in [0.05, 0.1) is 12.7 Å². The summed E-state index contributed by atoms with van der Waals surface area (Å²) < 4.78 is 5.06. The molecular weight excluding hydrogens is 88.1 g/mol. The molecule has 0 aromatic rings. The van der Waals surface area contributed by atoms with Crippen molar-refractivity contribution in [2.45, 2.75) is 26.4 Å². The minimum absolute atomic E-state index is 0.616. The lowest BCUT2D eigenvalue weighted by atomic mass is 10.1. The lowest BCUT2D eigenvalue weighted by Gasteiger charge is -1.98. The van der Waals surface area contributed by atoms with Gasteiger partial charge in [0.25, 0.3) is 0 Å². The molecule has 1 heterocycles. The highest BCUT2D eigenvalue weighted by Gasteiger charge is 2.27. The summed E-state index contributed by atoms with van der Waals surface area (Å²) in [5, 5.41) is 0. The molecule has 1 rings (SSSR count). The second-order valence-corrected chi connectivity index (χ2v) is 2.26. The third kappa shape index (κ3) is 1.16. The fourth-order valence-corrected chi connectivity index (χ4v) is 0.647. The zero-order chi connectivity index (χ0) is 5.28. The average Bonchev–Trinajstić information content (AvgIpc) is 2.44. The predicted octanol–water partition coefficient (Wildman–Crippen LogP) is 1.43. The first-order chi connectivity index (χ1) is 3.34. The van der Waals surface area contributed by atoms with Crippen LogP contribution >= 0.6 is 0 Å². The van der Waals surface area contributed by atoms with E-state index in [9.17, 15) is 0 Å². The minimum Gasteiger partial charge on any atom is -0.373 e. The van der Waals surface area contributed by atoms with Crippen LogP contribution in [0.3, 0.4) is 0 Å². The number of hydrogen-bond donors (Lipinski definition) is 0. The maximum absolute atomic E-state index is 5.06. The molecule has 1 saturated heterocycles. The van der Waals surface area contributed by atoms with Crippen LogP contribution in [0.5, 0.6) is 0 Å². The maximum Gasteiger partial charge on any atom is 0.0835 e. The first-order valence-electron chi connectivity index (χ1n) is 2.96. The van der Waals surface area contributed by atoms with Crippen molar-refractivity contribution in [3.05, 3.63) is 0 Å². The second-order valence-electron chi connectivity index (χ2n) is 2.26. The molecule has 1 aliphatic heterocycles. The maximum atomic E-state index is 5.06. The summed E-state index contributed by atoms with van der Waals surface area (Å²) in [6.45, 7) is 5.44. The van der Waals surface area contributed by atoms with Gasteiger partial charge in [-0.05, 0) is 5.92 Å². The molecule has 42 valence electrons. The molecule has 1 heteroatoms. The molecule has 0 aromatic carbocycles. The van der Waals surface area contributed by atoms with Crippen LogP contribution in [0.2, 0.25) is 0 Å². The Hall–Kier alpha value is -0.0400. The summed E-state index contributed by atoms with van der Waals surface area (Å²) in [4.78, 5) is 0. The standard InChI is InChI=1S/C6H12O/c1-3-5(2)6-4-7-6/h5-6H,3-4H2,1-2H3/t5-,6?/m0/s1. The van der Waals surface area contributed by atoms with Crippen LogP contribution in [0.1, 0.15) is 20.3 Å². The van der Waals surface area contributed by atoms with Gasteiger partial charge < -0.3 is 4.74 Å². The van der Waals surface area contributed by atoms with Crippen LogP contribution in [-0.2, 0) is 4.74 Å². The molecule has 1 nitrogen and oxygen atoms in total. The number of ether oxygens (including phenoxy) is 1. The Kier molecular flexibility index (Phi) is 1.33. The zero-order valence-electron chi connectivity index (χ0n) is 4.98. The van der Waals surface area contributed by atoms with Gasteiger partial charge in [0.2, 0.25) is 0 Å². The Morgan fingerprint density at radius 1 is 1.86 bits per heavy atom. The summed E-state index contributed by atoms with van der Waals surface area (Å²) in [6, 6.07) is 0. The van der Waals surface area contributed by atoms with E-state index in [1.54, 1.807) is 0 Å². The van der Waals surface area contributed by atoms with Crippen LogP contribution in [0.15, 0.2) is 0 Å². The first-order valence-corrected chi connectivity index (χ1v) is 2.96. The van der Waals surface area contributed by atoms with Gasteiger partial charge in [-0.1, -0.05) is 20.3 Å². The van der Waals surface area contributed by atoms with Crippen molar-refractivity contribution in [1.29, 1.82) is 0 Å². The van der Waals surface area contributed by atoms with E-state index in [4.69, 9.17) is 4.74 Å². The molecule has 1 fully saturated rings. The van der Waals surface area contributed by atoms with E-state index in [1.165, 1.54) is 6.42 Å². The third-order valence-corrected chi connectivity index (χ3v) is 1.64. The molecule has 0 spiro atoms. The largest absolute Gasteiger partial charge is 0.373 e. The van der Waals surface area contributed by atoms with E-state index in [-0.39, 0.29) is 0 Å². The highest BCUT2D eigenvalue weighted by molar-refractivity contribution is 4.74. The van der Waals surface area contributed by atoms with Gasteiger partial charge >= 0.3 is 0 Å². The third-order valence-electron chi connectivity index (χ3n) is 1.64. The Morgan fingerprint density at radius 2 is 2.43 bits per heavy atom. The van der Waals surface area contributed by atoms with Crippen molar-refractivity contribution in [3.63, 3.8) is 0 Å². The lowest BCUT2D eigenvalue weighted by molar-refractivity contribution is 0.337. The van der Waals surface area contributed by atoms with Crippen molar-refractivity contribution in [2.75, 3.05) is 6.61 Å². The second kappa shape index (κ2) is 1.83. The van der Waals surface area contributed by atoms with E-state index in [2.05, 4.69) is 13.8 Å². The number of rotatable bonds is 2. The van der Waals surface area contributed by atoms with Crippen molar-refractivity contribution >= 4 is 0 Å². The fourth-order valence-electron chi connectivity index (χ4n) is 0.647. The Labute approximate surface area is 44.7 Å². The van der Waals surface area contributed by atoms with Crippen LogP contribution in [0.4, 0.5) is 0 Å². The van der Waals surface area contributed by atoms with Gasteiger partial charge in [-0.2, -0.15) is 0 Å². The molecule has 2 atom stereocenters. The van der Waals surface area contributed by atoms with Gasteiger partial charge in [0, 0.05) is 0 Å². The van der Waals surface area contributed by atoms with Crippen LogP contribution < -0.4 is 0 Å². The number of hydrogen-bond acceptors (Lipinski definition) is 1. The van der Waals surface area contributed by atoms with Gasteiger partial charge in [0.15, 0.2) is 0 Å².